The SMILES string of the molecule is O=C([C@H]1[C@H]2C[C@H](CN(c3cnccn3)C2)[C@@H]2CCCC(=O)N21)N1CC2C(C1)C2(F)F. The zero-order valence-electron chi connectivity index (χ0n) is 16.7. The van der Waals surface area contributed by atoms with E-state index in [9.17, 15) is 18.4 Å². The Morgan fingerprint density at radius 3 is 2.60 bits per heavy atom. The molecule has 9 heteroatoms. The number of amides is 2. The van der Waals surface area contributed by atoms with Crippen LogP contribution >= 0.6 is 0 Å². The van der Waals surface area contributed by atoms with Gasteiger partial charge in [-0.25, -0.2) is 13.8 Å². The van der Waals surface area contributed by atoms with E-state index in [0.717, 1.165) is 31.6 Å². The summed E-state index contributed by atoms with van der Waals surface area (Å²) in [6.07, 6.45) is 8.12. The molecule has 7 nitrogen and oxygen atoms in total. The van der Waals surface area contributed by atoms with Crippen molar-refractivity contribution in [2.45, 2.75) is 43.7 Å². The molecule has 0 spiro atoms. The Morgan fingerprint density at radius 1 is 1.10 bits per heavy atom. The van der Waals surface area contributed by atoms with Gasteiger partial charge in [-0.2, -0.15) is 0 Å². The molecule has 4 saturated heterocycles. The van der Waals surface area contributed by atoms with E-state index in [4.69, 9.17) is 0 Å². The lowest BCUT2D eigenvalue weighted by Gasteiger charge is -2.56. The molecule has 2 amide bonds. The zero-order valence-corrected chi connectivity index (χ0v) is 16.7. The van der Waals surface area contributed by atoms with E-state index in [2.05, 4.69) is 14.9 Å². The second-order valence-corrected chi connectivity index (χ2v) is 9.56. The minimum absolute atomic E-state index is 0.0195. The molecule has 1 aliphatic carbocycles. The smallest absolute Gasteiger partial charge is 0.258 e. The molecule has 1 saturated carbocycles. The van der Waals surface area contributed by atoms with Gasteiger partial charge in [0.2, 0.25) is 11.8 Å². The van der Waals surface area contributed by atoms with E-state index in [-0.39, 0.29) is 42.8 Å². The van der Waals surface area contributed by atoms with Crippen molar-refractivity contribution in [2.24, 2.45) is 23.7 Å². The Labute approximate surface area is 173 Å². The molecule has 30 heavy (non-hydrogen) atoms. The van der Waals surface area contributed by atoms with E-state index in [1.807, 2.05) is 4.90 Å². The molecule has 0 N–H and O–H groups in total. The molecular formula is C21H25F2N5O2. The lowest BCUT2D eigenvalue weighted by atomic mass is 9.71. The number of rotatable bonds is 2. The highest BCUT2D eigenvalue weighted by Crippen LogP contribution is 2.59. The van der Waals surface area contributed by atoms with E-state index in [1.54, 1.807) is 23.5 Å². The fourth-order valence-corrected chi connectivity index (χ4v) is 6.49. The second kappa shape index (κ2) is 6.34. The van der Waals surface area contributed by atoms with E-state index >= 15 is 0 Å². The molecule has 0 radical (unpaired) electrons. The number of halogens is 2. The van der Waals surface area contributed by atoms with Gasteiger partial charge in [0.15, 0.2) is 0 Å². The molecule has 2 bridgehead atoms. The highest BCUT2D eigenvalue weighted by atomic mass is 19.3. The van der Waals surface area contributed by atoms with Crippen LogP contribution in [0.5, 0.6) is 0 Å². The van der Waals surface area contributed by atoms with Gasteiger partial charge in [-0.05, 0) is 25.2 Å². The molecule has 2 unspecified atom stereocenters. The standard InChI is InChI=1S/C21H25F2N5O2/c22-21(23)14-10-27(11-15(14)21)20(30)19-13-6-12(16-2-1-3-18(29)28(16)19)8-26(9-13)17-7-24-4-5-25-17/h4-5,7,12-16,19H,1-3,6,8-11H2/t12-,13+,14?,15?,16+,19-/m1/s1. The van der Waals surface area contributed by atoms with Gasteiger partial charge < -0.3 is 14.7 Å². The molecule has 6 rings (SSSR count). The van der Waals surface area contributed by atoms with Crippen LogP contribution in [0.1, 0.15) is 25.7 Å². The minimum Gasteiger partial charge on any atom is -0.355 e. The van der Waals surface area contributed by atoms with Crippen LogP contribution in [0.15, 0.2) is 18.6 Å². The molecular weight excluding hydrogens is 392 g/mol. The van der Waals surface area contributed by atoms with Crippen LogP contribution < -0.4 is 4.90 Å². The summed E-state index contributed by atoms with van der Waals surface area (Å²) in [5.41, 5.74) is 0. The first-order chi connectivity index (χ1) is 14.4. The maximum Gasteiger partial charge on any atom is 0.258 e. The van der Waals surface area contributed by atoms with Crippen LogP contribution in [0.4, 0.5) is 14.6 Å². The lowest BCUT2D eigenvalue weighted by molar-refractivity contribution is -0.161. The van der Waals surface area contributed by atoms with Crippen LogP contribution in [0.2, 0.25) is 0 Å². The number of fused-ring (bicyclic) bond motifs is 5. The Bertz CT molecular complexity index is 869. The second-order valence-electron chi connectivity index (χ2n) is 9.56. The first-order valence-corrected chi connectivity index (χ1v) is 10.9. The summed E-state index contributed by atoms with van der Waals surface area (Å²) in [4.78, 5) is 40.7. The van der Waals surface area contributed by atoms with Crippen molar-refractivity contribution in [3.63, 3.8) is 0 Å². The van der Waals surface area contributed by atoms with Gasteiger partial charge in [-0.15, -0.1) is 0 Å². The average Bonchev–Trinajstić information content (AvgIpc) is 3.08. The van der Waals surface area contributed by atoms with Gasteiger partial charge >= 0.3 is 0 Å². The zero-order chi connectivity index (χ0) is 20.6. The van der Waals surface area contributed by atoms with Gasteiger partial charge in [0, 0.05) is 57.0 Å². The highest BCUT2D eigenvalue weighted by molar-refractivity contribution is 5.89. The lowest BCUT2D eigenvalue weighted by Crippen LogP contribution is -2.68. The molecule has 160 valence electrons. The number of aromatic nitrogens is 2. The number of piperidine rings is 4. The number of alkyl halides is 2. The summed E-state index contributed by atoms with van der Waals surface area (Å²) < 4.78 is 27.3. The average molecular weight is 417 g/mol. The Morgan fingerprint density at radius 2 is 1.87 bits per heavy atom. The fourth-order valence-electron chi connectivity index (χ4n) is 6.49. The molecule has 0 aromatic carbocycles. The van der Waals surface area contributed by atoms with Crippen molar-refractivity contribution in [3.8, 4) is 0 Å². The predicted molar refractivity (Wildman–Crippen MR) is 103 cm³/mol. The van der Waals surface area contributed by atoms with Crippen LogP contribution in [0.25, 0.3) is 0 Å². The van der Waals surface area contributed by atoms with Gasteiger partial charge in [-0.3, -0.25) is 14.6 Å². The molecule has 1 aromatic heterocycles. The van der Waals surface area contributed by atoms with Gasteiger partial charge in [0.1, 0.15) is 11.9 Å². The highest BCUT2D eigenvalue weighted by Gasteiger charge is 2.72. The third-order valence-electron chi connectivity index (χ3n) is 7.98. The predicted octanol–water partition coefficient (Wildman–Crippen LogP) is 1.41. The fraction of sp³-hybridized carbons (Fsp3) is 0.714. The molecule has 6 atom stereocenters. The Kier molecular flexibility index (Phi) is 3.90. The summed E-state index contributed by atoms with van der Waals surface area (Å²) in [6, 6.07) is -0.515. The number of hydrogen-bond donors (Lipinski definition) is 0. The summed E-state index contributed by atoms with van der Waals surface area (Å²) >= 11 is 0. The van der Waals surface area contributed by atoms with Crippen LogP contribution in [0, 0.1) is 23.7 Å². The molecule has 5 fully saturated rings. The molecule has 1 aromatic rings. The first kappa shape index (κ1) is 18.4. The van der Waals surface area contributed by atoms with E-state index in [1.165, 1.54) is 0 Å². The third-order valence-corrected chi connectivity index (χ3v) is 7.98. The quantitative estimate of drug-likeness (QED) is 0.728. The summed E-state index contributed by atoms with van der Waals surface area (Å²) in [6.45, 7) is 1.65. The van der Waals surface area contributed by atoms with Gasteiger partial charge in [0.25, 0.3) is 5.92 Å². The topological polar surface area (TPSA) is 69.6 Å². The molecule has 4 aliphatic heterocycles. The van der Waals surface area contributed by atoms with Crippen molar-refractivity contribution in [1.82, 2.24) is 19.8 Å². The minimum atomic E-state index is -2.62. The van der Waals surface area contributed by atoms with Crippen LogP contribution in [-0.4, -0.2) is 75.8 Å². The number of anilines is 1. The maximum absolute atomic E-state index is 13.7. The van der Waals surface area contributed by atoms with Gasteiger partial charge in [0.05, 0.1) is 18.0 Å². The largest absolute Gasteiger partial charge is 0.355 e. The Hall–Kier alpha value is -2.32. The summed E-state index contributed by atoms with van der Waals surface area (Å²) in [5.74, 6) is -3.06. The monoisotopic (exact) mass is 417 g/mol. The van der Waals surface area contributed by atoms with Crippen LogP contribution in [-0.2, 0) is 9.59 Å². The summed E-state index contributed by atoms with van der Waals surface area (Å²) in [5, 5.41) is 0. The van der Waals surface area contributed by atoms with E-state index in [0.29, 0.717) is 13.0 Å². The van der Waals surface area contributed by atoms with Crippen molar-refractivity contribution >= 4 is 17.6 Å². The third kappa shape index (κ3) is 2.59. The first-order valence-electron chi connectivity index (χ1n) is 10.9. The molecule has 5 aliphatic rings. The van der Waals surface area contributed by atoms with E-state index < -0.39 is 23.8 Å². The van der Waals surface area contributed by atoms with Crippen molar-refractivity contribution in [1.29, 1.82) is 0 Å². The van der Waals surface area contributed by atoms with Crippen LogP contribution in [0.3, 0.4) is 0 Å². The normalized spacial score (nSPS) is 38.9. The molecule has 5 heterocycles. The van der Waals surface area contributed by atoms with Crippen molar-refractivity contribution in [3.05, 3.63) is 18.6 Å². The van der Waals surface area contributed by atoms with Crippen molar-refractivity contribution in [2.75, 3.05) is 31.1 Å². The number of carbonyl (C=O) groups excluding carboxylic acids is 2. The number of carbonyl (C=O) groups is 2. The summed E-state index contributed by atoms with van der Waals surface area (Å²) in [7, 11) is 0. The number of likely N-dealkylation sites (tertiary alicyclic amines) is 1. The number of hydrogen-bond acceptors (Lipinski definition) is 5. The number of nitrogens with zero attached hydrogens (tertiary/aromatic N) is 5. The van der Waals surface area contributed by atoms with Gasteiger partial charge in [-0.1, -0.05) is 0 Å². The Balaban J connectivity index is 1.30. The maximum atomic E-state index is 13.7. The van der Waals surface area contributed by atoms with Crippen molar-refractivity contribution < 1.29 is 18.4 Å².